The van der Waals surface area contributed by atoms with Gasteiger partial charge in [-0.05, 0) is 35.9 Å². The molecule has 0 spiro atoms. The second kappa shape index (κ2) is 6.57. The number of hydrogen-bond donors (Lipinski definition) is 1. The Balaban J connectivity index is 1.87. The lowest BCUT2D eigenvalue weighted by molar-refractivity contribution is -0.384. The van der Waals surface area contributed by atoms with Crippen molar-refractivity contribution in [1.82, 2.24) is 5.43 Å². The highest BCUT2D eigenvalue weighted by atomic mass is 35.5. The number of benzene rings is 1. The van der Waals surface area contributed by atoms with Crippen LogP contribution < -0.4 is 11.1 Å². The first kappa shape index (κ1) is 16.4. The van der Waals surface area contributed by atoms with E-state index in [9.17, 15) is 19.7 Å². The molecule has 126 valence electrons. The number of hydrogen-bond acceptors (Lipinski definition) is 7. The minimum Gasteiger partial charge on any atom is -0.444 e. The Morgan fingerprint density at radius 2 is 2.04 bits per heavy atom. The molecule has 0 saturated carbocycles. The van der Waals surface area contributed by atoms with E-state index in [0.29, 0.717) is 5.76 Å². The van der Waals surface area contributed by atoms with Crippen LogP contribution in [0.15, 0.2) is 55.1 Å². The molecule has 2 heterocycles. The Morgan fingerprint density at radius 3 is 2.72 bits per heavy atom. The molecule has 10 heteroatoms. The minimum atomic E-state index is -0.893. The van der Waals surface area contributed by atoms with Crippen LogP contribution in [0, 0.1) is 10.1 Å². The molecule has 0 aliphatic carbocycles. The molecule has 3 aromatic rings. The van der Waals surface area contributed by atoms with E-state index in [1.165, 1.54) is 42.6 Å². The minimum absolute atomic E-state index is 0.126. The second-order valence-electron chi connectivity index (χ2n) is 4.77. The zero-order valence-corrected chi connectivity index (χ0v) is 13.0. The molecule has 0 bridgehead atoms. The van der Waals surface area contributed by atoms with Crippen molar-refractivity contribution in [3.8, 4) is 0 Å². The zero-order chi connectivity index (χ0) is 18.0. The van der Waals surface area contributed by atoms with Gasteiger partial charge in [0.05, 0.1) is 11.1 Å². The number of amides is 1. The molecule has 0 saturated heterocycles. The fourth-order valence-electron chi connectivity index (χ4n) is 2.00. The number of fused-ring (bicyclic) bond motifs is 1. The number of non-ortho nitro benzene ring substituents is 1. The van der Waals surface area contributed by atoms with Crippen molar-refractivity contribution in [2.45, 2.75) is 0 Å². The number of nitro benzene ring substituents is 1. The summed E-state index contributed by atoms with van der Waals surface area (Å²) in [5, 5.41) is 14.8. The van der Waals surface area contributed by atoms with Gasteiger partial charge in [-0.25, -0.2) is 10.2 Å². The largest absolute Gasteiger partial charge is 0.444 e. The number of nitrogens with zero attached hydrogens (tertiary/aromatic N) is 2. The molecule has 0 unspecified atom stereocenters. The van der Waals surface area contributed by atoms with Gasteiger partial charge >= 0.3 is 5.63 Å². The highest BCUT2D eigenvalue weighted by molar-refractivity contribution is 6.28. The van der Waals surface area contributed by atoms with Crippen LogP contribution >= 0.6 is 11.6 Å². The first-order valence-corrected chi connectivity index (χ1v) is 7.13. The quantitative estimate of drug-likeness (QED) is 0.329. The number of nitrogens with one attached hydrogen (secondary N) is 1. The van der Waals surface area contributed by atoms with Crippen LogP contribution in [0.4, 0.5) is 5.69 Å². The lowest BCUT2D eigenvalue weighted by atomic mass is 10.1. The van der Waals surface area contributed by atoms with E-state index in [-0.39, 0.29) is 27.4 Å². The first-order valence-electron chi connectivity index (χ1n) is 6.75. The molecule has 0 aliphatic rings. The Morgan fingerprint density at radius 1 is 1.24 bits per heavy atom. The molecule has 0 atom stereocenters. The van der Waals surface area contributed by atoms with Crippen molar-refractivity contribution in [3.63, 3.8) is 0 Å². The fourth-order valence-corrected chi connectivity index (χ4v) is 2.15. The monoisotopic (exact) mass is 361 g/mol. The molecule has 0 aliphatic heterocycles. The van der Waals surface area contributed by atoms with Crippen LogP contribution in [-0.2, 0) is 0 Å². The molecule has 2 aromatic heterocycles. The van der Waals surface area contributed by atoms with Crippen molar-refractivity contribution in [2.24, 2.45) is 5.10 Å². The maximum Gasteiger partial charge on any atom is 0.349 e. The van der Waals surface area contributed by atoms with Crippen molar-refractivity contribution in [1.29, 1.82) is 0 Å². The molecular formula is C15H8ClN3O6. The van der Waals surface area contributed by atoms with Crippen LogP contribution in [0.5, 0.6) is 0 Å². The summed E-state index contributed by atoms with van der Waals surface area (Å²) in [6.07, 6.45) is 1.19. The van der Waals surface area contributed by atoms with Gasteiger partial charge in [-0.15, -0.1) is 0 Å². The number of carbonyl (C=O) groups excluding carboxylic acids is 1. The van der Waals surface area contributed by atoms with E-state index in [2.05, 4.69) is 10.5 Å². The molecular weight excluding hydrogens is 354 g/mol. The Kier molecular flexibility index (Phi) is 4.31. The van der Waals surface area contributed by atoms with E-state index < -0.39 is 16.5 Å². The predicted octanol–water partition coefficient (Wildman–Crippen LogP) is 2.71. The Labute approximate surface area is 143 Å². The fraction of sp³-hybridized carbons (Fsp3) is 0. The van der Waals surface area contributed by atoms with Crippen molar-refractivity contribution in [3.05, 3.63) is 73.5 Å². The molecule has 9 nitrogen and oxygen atoms in total. The molecule has 25 heavy (non-hydrogen) atoms. The highest BCUT2D eigenvalue weighted by Crippen LogP contribution is 2.20. The number of hydrazone groups is 1. The molecule has 1 amide bonds. The highest BCUT2D eigenvalue weighted by Gasteiger charge is 2.15. The number of halogens is 1. The van der Waals surface area contributed by atoms with E-state index in [4.69, 9.17) is 20.4 Å². The average Bonchev–Trinajstić information content (AvgIpc) is 2.98. The summed E-state index contributed by atoms with van der Waals surface area (Å²) in [5.41, 5.74) is 0.827. The maximum absolute atomic E-state index is 12.0. The molecule has 3 rings (SSSR count). The Hall–Kier alpha value is -3.46. The topological polar surface area (TPSA) is 128 Å². The standard InChI is InChI=1S/C15H8ClN3O6/c16-13-4-2-10(24-13)7-17-18-14(20)11-6-8-5-9(19(22)23)1-3-12(8)25-15(11)21/h1-7H,(H,18,20)/b17-7-. The Bertz CT molecular complexity index is 1070. The van der Waals surface area contributed by atoms with E-state index in [1.54, 1.807) is 0 Å². The van der Waals surface area contributed by atoms with Gasteiger partial charge in [-0.1, -0.05) is 0 Å². The summed E-state index contributed by atoms with van der Waals surface area (Å²) >= 11 is 5.59. The summed E-state index contributed by atoms with van der Waals surface area (Å²) in [4.78, 5) is 34.1. The van der Waals surface area contributed by atoms with Crippen molar-refractivity contribution >= 4 is 40.4 Å². The van der Waals surface area contributed by atoms with Crippen LogP contribution in [0.3, 0.4) is 0 Å². The third-order valence-electron chi connectivity index (χ3n) is 3.12. The summed E-state index contributed by atoms with van der Waals surface area (Å²) in [6.45, 7) is 0. The van der Waals surface area contributed by atoms with Gasteiger partial charge in [0.25, 0.3) is 11.6 Å². The second-order valence-corrected chi connectivity index (χ2v) is 5.14. The molecule has 0 fully saturated rings. The van der Waals surface area contributed by atoms with Gasteiger partial charge in [-0.2, -0.15) is 5.10 Å². The van der Waals surface area contributed by atoms with Crippen LogP contribution in [0.1, 0.15) is 16.1 Å². The predicted molar refractivity (Wildman–Crippen MR) is 87.9 cm³/mol. The summed E-state index contributed by atoms with van der Waals surface area (Å²) in [7, 11) is 0. The molecule has 1 aromatic carbocycles. The van der Waals surface area contributed by atoms with Gasteiger partial charge in [0.1, 0.15) is 16.9 Å². The normalized spacial score (nSPS) is 11.1. The van der Waals surface area contributed by atoms with E-state index >= 15 is 0 Å². The van der Waals surface area contributed by atoms with Crippen molar-refractivity contribution in [2.75, 3.05) is 0 Å². The van der Waals surface area contributed by atoms with Gasteiger partial charge in [-0.3, -0.25) is 14.9 Å². The third kappa shape index (κ3) is 3.56. The van der Waals surface area contributed by atoms with E-state index in [1.807, 2.05) is 0 Å². The zero-order valence-electron chi connectivity index (χ0n) is 12.3. The summed E-state index contributed by atoms with van der Waals surface area (Å²) in [5.74, 6) is -0.539. The average molecular weight is 362 g/mol. The summed E-state index contributed by atoms with van der Waals surface area (Å²) < 4.78 is 10.00. The van der Waals surface area contributed by atoms with Gasteiger partial charge in [0.2, 0.25) is 0 Å². The smallest absolute Gasteiger partial charge is 0.349 e. The number of furan rings is 1. The van der Waals surface area contributed by atoms with E-state index in [0.717, 1.165) is 0 Å². The maximum atomic E-state index is 12.0. The SMILES string of the molecule is O=C(N/N=C\c1ccc(Cl)o1)c1cc2cc([N+](=O)[O-])ccc2oc1=O. The van der Waals surface area contributed by atoms with Gasteiger partial charge in [0, 0.05) is 17.5 Å². The third-order valence-corrected chi connectivity index (χ3v) is 3.33. The number of nitro groups is 1. The number of rotatable bonds is 4. The van der Waals surface area contributed by atoms with Crippen LogP contribution in [0.25, 0.3) is 11.0 Å². The lowest BCUT2D eigenvalue weighted by Crippen LogP contribution is -2.24. The van der Waals surface area contributed by atoms with Gasteiger partial charge in [0.15, 0.2) is 5.22 Å². The van der Waals surface area contributed by atoms with Gasteiger partial charge < -0.3 is 8.83 Å². The molecule has 1 N–H and O–H groups in total. The van der Waals surface area contributed by atoms with Crippen molar-refractivity contribution < 1.29 is 18.6 Å². The first-order chi connectivity index (χ1) is 11.9. The van der Waals surface area contributed by atoms with Crippen LogP contribution in [0.2, 0.25) is 5.22 Å². The lowest BCUT2D eigenvalue weighted by Gasteiger charge is -2.01. The molecule has 0 radical (unpaired) electrons. The van der Waals surface area contributed by atoms with Crippen LogP contribution in [-0.4, -0.2) is 17.0 Å². The number of carbonyl (C=O) groups is 1. The summed E-state index contributed by atoms with van der Waals surface area (Å²) in [6, 6.07) is 7.90.